The molecule has 1 aliphatic rings. The fraction of sp³-hybridized carbons (Fsp3) is 0.500. The van der Waals surface area contributed by atoms with Crippen molar-refractivity contribution in [3.63, 3.8) is 0 Å². The number of hydrogen-bond donors (Lipinski definition) is 2. The van der Waals surface area contributed by atoms with Gasteiger partial charge in [0.2, 0.25) is 10.0 Å². The fourth-order valence-electron chi connectivity index (χ4n) is 2.07. The van der Waals surface area contributed by atoms with E-state index in [1.165, 1.54) is 0 Å². The molecule has 0 saturated carbocycles. The number of nitrogens with one attached hydrogen (secondary N) is 2. The largest absolute Gasteiger partial charge is 0.382 e. The predicted octanol–water partition coefficient (Wildman–Crippen LogP) is 1.73. The Kier molecular flexibility index (Phi) is 3.14. The van der Waals surface area contributed by atoms with Gasteiger partial charge in [-0.05, 0) is 51.0 Å². The highest BCUT2D eigenvalue weighted by atomic mass is 32.2. The molecule has 1 aromatic rings. The average Bonchev–Trinajstić information content (AvgIpc) is 2.54. The Hall–Kier alpha value is -1.07. The standard InChI is InChI=1S/C12H18N2O2S/c1-8(2)14-17(15,16)11-4-5-12-10(7-11)6-9(3)13-12/h4-5,7-9,13-14H,6H2,1-3H3/t9-/m0/s1. The first-order valence-electron chi connectivity index (χ1n) is 5.80. The first-order chi connectivity index (χ1) is 7.88. The zero-order valence-corrected chi connectivity index (χ0v) is 11.1. The number of rotatable bonds is 3. The molecule has 0 bridgehead atoms. The van der Waals surface area contributed by atoms with Crippen LogP contribution in [0.2, 0.25) is 0 Å². The Morgan fingerprint density at radius 1 is 1.41 bits per heavy atom. The highest BCUT2D eigenvalue weighted by Gasteiger charge is 2.21. The normalized spacial score (nSPS) is 19.2. The number of anilines is 1. The second kappa shape index (κ2) is 4.31. The van der Waals surface area contributed by atoms with Gasteiger partial charge in [0, 0.05) is 17.8 Å². The molecule has 0 spiro atoms. The lowest BCUT2D eigenvalue weighted by Gasteiger charge is -2.10. The lowest BCUT2D eigenvalue weighted by Crippen LogP contribution is -2.30. The summed E-state index contributed by atoms with van der Waals surface area (Å²) in [5.74, 6) is 0. The van der Waals surface area contributed by atoms with Gasteiger partial charge in [0.1, 0.15) is 0 Å². The minimum atomic E-state index is -3.38. The summed E-state index contributed by atoms with van der Waals surface area (Å²) in [6, 6.07) is 5.53. The van der Waals surface area contributed by atoms with E-state index in [1.54, 1.807) is 12.1 Å². The van der Waals surface area contributed by atoms with Gasteiger partial charge in [-0.2, -0.15) is 0 Å². The Morgan fingerprint density at radius 2 is 2.12 bits per heavy atom. The van der Waals surface area contributed by atoms with Crippen LogP contribution in [0.4, 0.5) is 5.69 Å². The highest BCUT2D eigenvalue weighted by Crippen LogP contribution is 2.28. The molecular weight excluding hydrogens is 236 g/mol. The van der Waals surface area contributed by atoms with Crippen molar-refractivity contribution >= 4 is 15.7 Å². The minimum absolute atomic E-state index is 0.0923. The van der Waals surface area contributed by atoms with E-state index in [4.69, 9.17) is 0 Å². The number of benzene rings is 1. The number of hydrogen-bond acceptors (Lipinski definition) is 3. The van der Waals surface area contributed by atoms with Crippen molar-refractivity contribution < 1.29 is 8.42 Å². The van der Waals surface area contributed by atoms with Crippen molar-refractivity contribution in [2.45, 2.75) is 44.2 Å². The minimum Gasteiger partial charge on any atom is -0.382 e. The van der Waals surface area contributed by atoms with Crippen molar-refractivity contribution in [1.82, 2.24) is 4.72 Å². The predicted molar refractivity (Wildman–Crippen MR) is 68.7 cm³/mol. The van der Waals surface area contributed by atoms with E-state index in [2.05, 4.69) is 17.0 Å². The zero-order chi connectivity index (χ0) is 12.6. The monoisotopic (exact) mass is 254 g/mol. The molecule has 0 fully saturated rings. The molecule has 2 rings (SSSR count). The molecule has 1 atom stereocenters. The van der Waals surface area contributed by atoms with Gasteiger partial charge in [0.25, 0.3) is 0 Å². The Bertz CT molecular complexity index is 523. The van der Waals surface area contributed by atoms with Crippen molar-refractivity contribution in [3.8, 4) is 0 Å². The first kappa shape index (κ1) is 12.4. The van der Waals surface area contributed by atoms with Gasteiger partial charge in [-0.3, -0.25) is 0 Å². The summed E-state index contributed by atoms with van der Waals surface area (Å²) in [6.45, 7) is 5.71. The molecular formula is C12H18N2O2S. The molecule has 1 aliphatic heterocycles. The van der Waals surface area contributed by atoms with Gasteiger partial charge in [-0.15, -0.1) is 0 Å². The Balaban J connectivity index is 2.33. The van der Waals surface area contributed by atoms with E-state index in [9.17, 15) is 8.42 Å². The van der Waals surface area contributed by atoms with Gasteiger partial charge < -0.3 is 5.32 Å². The van der Waals surface area contributed by atoms with E-state index >= 15 is 0 Å². The number of sulfonamides is 1. The molecule has 0 saturated heterocycles. The summed E-state index contributed by atoms with van der Waals surface area (Å²) in [5, 5.41) is 3.30. The van der Waals surface area contributed by atoms with E-state index in [-0.39, 0.29) is 6.04 Å². The molecule has 0 aromatic heterocycles. The van der Waals surface area contributed by atoms with E-state index < -0.39 is 10.0 Å². The number of fused-ring (bicyclic) bond motifs is 1. The maximum atomic E-state index is 12.0. The van der Waals surface area contributed by atoms with Crippen LogP contribution >= 0.6 is 0 Å². The van der Waals surface area contributed by atoms with Crippen LogP contribution in [-0.4, -0.2) is 20.5 Å². The molecule has 0 radical (unpaired) electrons. The molecule has 1 heterocycles. The van der Waals surface area contributed by atoms with Gasteiger partial charge in [0.15, 0.2) is 0 Å². The smallest absolute Gasteiger partial charge is 0.240 e. The van der Waals surface area contributed by atoms with Crippen molar-refractivity contribution in [1.29, 1.82) is 0 Å². The van der Waals surface area contributed by atoms with Crippen LogP contribution in [0.1, 0.15) is 26.3 Å². The molecule has 2 N–H and O–H groups in total. The summed E-state index contributed by atoms with van der Waals surface area (Å²) in [4.78, 5) is 0.348. The lowest BCUT2D eigenvalue weighted by molar-refractivity contribution is 0.570. The third kappa shape index (κ3) is 2.61. The van der Waals surface area contributed by atoms with Crippen LogP contribution in [0, 0.1) is 0 Å². The quantitative estimate of drug-likeness (QED) is 0.863. The molecule has 0 amide bonds. The maximum Gasteiger partial charge on any atom is 0.240 e. The molecule has 5 heteroatoms. The van der Waals surface area contributed by atoms with Gasteiger partial charge in [-0.25, -0.2) is 13.1 Å². The molecule has 17 heavy (non-hydrogen) atoms. The van der Waals surface area contributed by atoms with Crippen LogP contribution in [0.5, 0.6) is 0 Å². The van der Waals surface area contributed by atoms with Crippen molar-refractivity contribution in [2.75, 3.05) is 5.32 Å². The Labute approximate surface area is 102 Å². The van der Waals surface area contributed by atoms with E-state index in [0.29, 0.717) is 10.9 Å². The van der Waals surface area contributed by atoms with Crippen LogP contribution in [0.15, 0.2) is 23.1 Å². The Morgan fingerprint density at radius 3 is 2.76 bits per heavy atom. The molecule has 1 aromatic carbocycles. The lowest BCUT2D eigenvalue weighted by atomic mass is 10.1. The van der Waals surface area contributed by atoms with E-state index in [1.807, 2.05) is 19.9 Å². The third-order valence-corrected chi connectivity index (χ3v) is 4.36. The second-order valence-electron chi connectivity index (χ2n) is 4.84. The maximum absolute atomic E-state index is 12.0. The van der Waals surface area contributed by atoms with Gasteiger partial charge >= 0.3 is 0 Å². The summed E-state index contributed by atoms with van der Waals surface area (Å²) in [7, 11) is -3.38. The zero-order valence-electron chi connectivity index (χ0n) is 10.3. The van der Waals surface area contributed by atoms with E-state index in [0.717, 1.165) is 17.7 Å². The van der Waals surface area contributed by atoms with Crippen LogP contribution in [0.3, 0.4) is 0 Å². The topological polar surface area (TPSA) is 58.2 Å². The van der Waals surface area contributed by atoms with Crippen molar-refractivity contribution in [3.05, 3.63) is 23.8 Å². The van der Waals surface area contributed by atoms with Crippen LogP contribution < -0.4 is 10.0 Å². The molecule has 4 nitrogen and oxygen atoms in total. The summed E-state index contributed by atoms with van der Waals surface area (Å²) < 4.78 is 26.6. The van der Waals surface area contributed by atoms with Gasteiger partial charge in [0.05, 0.1) is 4.90 Å². The molecule has 0 unspecified atom stereocenters. The molecule has 0 aliphatic carbocycles. The molecule has 94 valence electrons. The van der Waals surface area contributed by atoms with Gasteiger partial charge in [-0.1, -0.05) is 0 Å². The highest BCUT2D eigenvalue weighted by molar-refractivity contribution is 7.89. The second-order valence-corrected chi connectivity index (χ2v) is 6.56. The third-order valence-electron chi connectivity index (χ3n) is 2.71. The fourth-order valence-corrected chi connectivity index (χ4v) is 3.37. The van der Waals surface area contributed by atoms with Crippen LogP contribution in [0.25, 0.3) is 0 Å². The SMILES string of the molecule is CC(C)NS(=O)(=O)c1ccc2c(c1)C[C@H](C)N2. The summed E-state index contributed by atoms with van der Waals surface area (Å²) in [5.41, 5.74) is 2.12. The average molecular weight is 254 g/mol. The van der Waals surface area contributed by atoms with Crippen LogP contribution in [-0.2, 0) is 16.4 Å². The van der Waals surface area contributed by atoms with Crippen molar-refractivity contribution in [2.24, 2.45) is 0 Å². The summed E-state index contributed by atoms with van der Waals surface area (Å²) >= 11 is 0. The summed E-state index contributed by atoms with van der Waals surface area (Å²) in [6.07, 6.45) is 0.875. The first-order valence-corrected chi connectivity index (χ1v) is 7.28.